The van der Waals surface area contributed by atoms with Gasteiger partial charge in [-0.05, 0) is 45.4 Å². The molecule has 2 aliphatic heterocycles. The van der Waals surface area contributed by atoms with Crippen molar-refractivity contribution in [3.63, 3.8) is 0 Å². The summed E-state index contributed by atoms with van der Waals surface area (Å²) in [4.78, 5) is 24.2. The first-order chi connectivity index (χ1) is 22.0. The zero-order chi connectivity index (χ0) is 32.4. The highest BCUT2D eigenvalue weighted by molar-refractivity contribution is 5.70. The van der Waals surface area contributed by atoms with Crippen molar-refractivity contribution in [2.24, 2.45) is 0 Å². The zero-order valence-corrected chi connectivity index (χ0v) is 29.8. The molecule has 6 heteroatoms. The maximum atomic E-state index is 12.1. The Morgan fingerprint density at radius 3 is 1.22 bits per heavy atom. The molecule has 0 spiro atoms. The molecule has 264 valence electrons. The third-order valence-electron chi connectivity index (χ3n) is 9.61. The van der Waals surface area contributed by atoms with Crippen molar-refractivity contribution < 1.29 is 28.5 Å². The molecule has 0 aliphatic carbocycles. The fourth-order valence-corrected chi connectivity index (χ4v) is 6.52. The van der Waals surface area contributed by atoms with Crippen LogP contribution in [0.5, 0.6) is 0 Å². The van der Waals surface area contributed by atoms with Crippen molar-refractivity contribution in [3.05, 3.63) is 0 Å². The Labute approximate surface area is 277 Å². The maximum Gasteiger partial charge on any atom is 0.306 e. The first kappa shape index (κ1) is 40.0. The van der Waals surface area contributed by atoms with Crippen LogP contribution in [0.25, 0.3) is 0 Å². The summed E-state index contributed by atoms with van der Waals surface area (Å²) >= 11 is 0. The smallest absolute Gasteiger partial charge is 0.306 e. The van der Waals surface area contributed by atoms with E-state index in [1.165, 1.54) is 128 Å². The molecule has 0 bridgehead atoms. The quantitative estimate of drug-likeness (QED) is 0.0405. The monoisotopic (exact) mass is 637 g/mol. The van der Waals surface area contributed by atoms with Gasteiger partial charge in [-0.25, -0.2) is 0 Å². The Hall–Kier alpha value is -1.14. The van der Waals surface area contributed by atoms with E-state index in [9.17, 15) is 9.59 Å². The molecule has 0 amide bonds. The van der Waals surface area contributed by atoms with Gasteiger partial charge in [0.2, 0.25) is 0 Å². The van der Waals surface area contributed by atoms with Crippen molar-refractivity contribution >= 4 is 11.9 Å². The van der Waals surface area contributed by atoms with Gasteiger partial charge in [0.25, 0.3) is 0 Å². The van der Waals surface area contributed by atoms with Gasteiger partial charge in [-0.1, -0.05) is 142 Å². The Kier molecular flexibility index (Phi) is 23.9. The second kappa shape index (κ2) is 26.9. The van der Waals surface area contributed by atoms with Gasteiger partial charge in [0.05, 0.1) is 24.4 Å². The molecule has 0 aromatic carbocycles. The van der Waals surface area contributed by atoms with Gasteiger partial charge in [0.15, 0.2) is 0 Å². The normalized spacial score (nSPS) is 21.0. The number of carbonyl (C=O) groups excluding carboxylic acids is 2. The minimum Gasteiger partial charge on any atom is -0.462 e. The second-order valence-electron chi connectivity index (χ2n) is 14.1. The minimum absolute atomic E-state index is 0.148. The Morgan fingerprint density at radius 1 is 0.489 bits per heavy atom. The molecule has 5 atom stereocenters. The van der Waals surface area contributed by atoms with Crippen LogP contribution in [0.2, 0.25) is 0 Å². The fourth-order valence-electron chi connectivity index (χ4n) is 6.52. The maximum absolute atomic E-state index is 12.1. The number of epoxide rings is 2. The van der Waals surface area contributed by atoms with E-state index < -0.39 is 0 Å². The molecule has 0 aromatic rings. The fraction of sp³-hybridized carbons (Fsp3) is 0.949. The zero-order valence-electron chi connectivity index (χ0n) is 29.8. The lowest BCUT2D eigenvalue weighted by atomic mass is 10.0. The van der Waals surface area contributed by atoms with Crippen LogP contribution in [0, 0.1) is 0 Å². The van der Waals surface area contributed by atoms with Crippen LogP contribution < -0.4 is 0 Å². The molecule has 0 radical (unpaired) electrons. The first-order valence-electron chi connectivity index (χ1n) is 19.7. The molecule has 2 fully saturated rings. The molecule has 2 rings (SSSR count). The summed E-state index contributed by atoms with van der Waals surface area (Å²) in [6.45, 7) is 6.48. The summed E-state index contributed by atoms with van der Waals surface area (Å²) in [5.41, 5.74) is 0. The number of ether oxygens (including phenoxy) is 4. The average molecular weight is 637 g/mol. The van der Waals surface area contributed by atoms with Gasteiger partial charge in [0, 0.05) is 12.8 Å². The van der Waals surface area contributed by atoms with E-state index in [-0.39, 0.29) is 24.6 Å². The summed E-state index contributed by atoms with van der Waals surface area (Å²) in [7, 11) is 0. The van der Waals surface area contributed by atoms with Gasteiger partial charge in [-0.3, -0.25) is 9.59 Å². The first-order valence-corrected chi connectivity index (χ1v) is 19.7. The highest BCUT2D eigenvalue weighted by Gasteiger charge is 2.37. The van der Waals surface area contributed by atoms with Crippen molar-refractivity contribution in [3.8, 4) is 0 Å². The Bertz CT molecular complexity index is 726. The molecule has 0 aromatic heterocycles. The molecule has 0 saturated carbocycles. The van der Waals surface area contributed by atoms with Crippen LogP contribution >= 0.6 is 0 Å². The molecule has 2 saturated heterocycles. The van der Waals surface area contributed by atoms with E-state index in [2.05, 4.69) is 13.8 Å². The second-order valence-corrected chi connectivity index (χ2v) is 14.1. The van der Waals surface area contributed by atoms with Crippen molar-refractivity contribution in [1.29, 1.82) is 0 Å². The van der Waals surface area contributed by atoms with E-state index >= 15 is 0 Å². The van der Waals surface area contributed by atoms with Crippen LogP contribution in [0.3, 0.4) is 0 Å². The molecule has 2 aliphatic rings. The lowest BCUT2D eigenvalue weighted by Gasteiger charge is -2.13. The molecule has 2 heterocycles. The number of hydrogen-bond acceptors (Lipinski definition) is 6. The largest absolute Gasteiger partial charge is 0.462 e. The number of carbonyl (C=O) groups is 2. The van der Waals surface area contributed by atoms with Crippen LogP contribution in [0.4, 0.5) is 0 Å². The average Bonchev–Trinajstić information content (AvgIpc) is 3.95. The predicted octanol–water partition coefficient (Wildman–Crippen LogP) is 11.0. The molecular weight excluding hydrogens is 564 g/mol. The SMILES string of the molecule is CCCCCCCC[C@H]1O[C@H]1CCCCCCCC(=O)OC[C@H](C)OC(=O)CCCCCCC[C@@H]1O[C@@H]1CCCCCCCC. The highest BCUT2D eigenvalue weighted by Crippen LogP contribution is 2.33. The van der Waals surface area contributed by atoms with E-state index in [0.717, 1.165) is 38.5 Å². The van der Waals surface area contributed by atoms with Crippen molar-refractivity contribution in [1.82, 2.24) is 0 Å². The van der Waals surface area contributed by atoms with E-state index in [4.69, 9.17) is 18.9 Å². The number of unbranched alkanes of at least 4 members (excludes halogenated alkanes) is 18. The van der Waals surface area contributed by atoms with Gasteiger partial charge in [-0.2, -0.15) is 0 Å². The minimum atomic E-state index is -0.390. The summed E-state index contributed by atoms with van der Waals surface area (Å²) < 4.78 is 22.5. The highest BCUT2D eigenvalue weighted by atomic mass is 16.6. The van der Waals surface area contributed by atoms with Crippen LogP contribution in [0.15, 0.2) is 0 Å². The Balaban J connectivity index is 1.28. The third-order valence-corrected chi connectivity index (χ3v) is 9.61. The molecule has 45 heavy (non-hydrogen) atoms. The predicted molar refractivity (Wildman–Crippen MR) is 184 cm³/mol. The van der Waals surface area contributed by atoms with E-state index in [1.54, 1.807) is 6.92 Å². The topological polar surface area (TPSA) is 77.7 Å². The van der Waals surface area contributed by atoms with Crippen LogP contribution in [-0.2, 0) is 28.5 Å². The summed E-state index contributed by atoms with van der Waals surface area (Å²) in [5.74, 6) is -0.375. The Morgan fingerprint density at radius 2 is 0.822 bits per heavy atom. The number of rotatable bonds is 33. The van der Waals surface area contributed by atoms with Gasteiger partial charge < -0.3 is 18.9 Å². The summed E-state index contributed by atoms with van der Waals surface area (Å²) in [5, 5.41) is 0. The summed E-state index contributed by atoms with van der Waals surface area (Å²) in [6.07, 6.45) is 34.7. The standard InChI is InChI=1S/C39H72O6/c1-4-6-8-10-14-20-26-34-36(44-34)28-22-16-12-18-24-30-38(40)42-32-33(3)43-39(41)31-25-19-13-17-23-29-37-35(45-37)27-21-15-11-9-7-5-2/h33-37H,4-32H2,1-3H3/t33-,34+,35+,36-,37-/m0/s1. The lowest BCUT2D eigenvalue weighted by molar-refractivity contribution is -0.158. The van der Waals surface area contributed by atoms with E-state index in [1.807, 2.05) is 0 Å². The van der Waals surface area contributed by atoms with Crippen molar-refractivity contribution in [2.75, 3.05) is 6.61 Å². The number of esters is 2. The van der Waals surface area contributed by atoms with Crippen LogP contribution in [-0.4, -0.2) is 49.1 Å². The molecule has 0 N–H and O–H groups in total. The third kappa shape index (κ3) is 22.9. The molecular formula is C39H72O6. The molecule has 6 nitrogen and oxygen atoms in total. The summed E-state index contributed by atoms with van der Waals surface area (Å²) in [6, 6.07) is 0. The van der Waals surface area contributed by atoms with Gasteiger partial charge >= 0.3 is 11.9 Å². The van der Waals surface area contributed by atoms with Crippen molar-refractivity contribution in [2.45, 2.75) is 231 Å². The molecule has 0 unspecified atom stereocenters. The van der Waals surface area contributed by atoms with Crippen LogP contribution in [0.1, 0.15) is 201 Å². The van der Waals surface area contributed by atoms with Gasteiger partial charge in [-0.15, -0.1) is 0 Å². The lowest BCUT2D eigenvalue weighted by Crippen LogP contribution is -2.22. The van der Waals surface area contributed by atoms with Gasteiger partial charge in [0.1, 0.15) is 12.7 Å². The number of hydrogen-bond donors (Lipinski definition) is 0. The van der Waals surface area contributed by atoms with E-state index in [0.29, 0.717) is 37.3 Å².